The highest BCUT2D eigenvalue weighted by atomic mass is 35.5. The number of hydrogen-bond donors (Lipinski definition) is 1. The molecule has 0 fully saturated rings. The van der Waals surface area contributed by atoms with Crippen LogP contribution in [0.2, 0.25) is 10.0 Å². The second-order valence-corrected chi connectivity index (χ2v) is 7.63. The summed E-state index contributed by atoms with van der Waals surface area (Å²) in [5, 5.41) is 4.98. The number of hydrazone groups is 1. The van der Waals surface area contributed by atoms with Gasteiger partial charge in [0.25, 0.3) is 5.91 Å². The van der Waals surface area contributed by atoms with Gasteiger partial charge < -0.3 is 9.15 Å². The number of benzene rings is 2. The molecule has 2 aromatic carbocycles. The van der Waals surface area contributed by atoms with Gasteiger partial charge in [0, 0.05) is 10.6 Å². The summed E-state index contributed by atoms with van der Waals surface area (Å²) in [5.74, 6) is 1.77. The maximum Gasteiger partial charge on any atom is 0.277 e. The van der Waals surface area contributed by atoms with Crippen molar-refractivity contribution in [3.05, 3.63) is 76.0 Å². The third-order valence-electron chi connectivity index (χ3n) is 4.63. The second kappa shape index (κ2) is 10.3. The summed E-state index contributed by atoms with van der Waals surface area (Å²) in [6, 6.07) is 16.4. The highest BCUT2D eigenvalue weighted by Gasteiger charge is 2.09. The Kier molecular flexibility index (Phi) is 7.55. The van der Waals surface area contributed by atoms with E-state index < -0.39 is 0 Å². The molecule has 3 aromatic rings. The molecule has 5 nitrogen and oxygen atoms in total. The molecule has 0 saturated carbocycles. The van der Waals surface area contributed by atoms with Crippen LogP contribution in [-0.4, -0.2) is 18.7 Å². The number of carbonyl (C=O) groups is 1. The van der Waals surface area contributed by atoms with Gasteiger partial charge in [-0.25, -0.2) is 5.43 Å². The van der Waals surface area contributed by atoms with Gasteiger partial charge in [0.15, 0.2) is 6.61 Å². The van der Waals surface area contributed by atoms with Crippen molar-refractivity contribution in [3.63, 3.8) is 0 Å². The maximum absolute atomic E-state index is 11.9. The summed E-state index contributed by atoms with van der Waals surface area (Å²) in [6.45, 7) is 4.18. The molecule has 0 aliphatic heterocycles. The average molecular weight is 445 g/mol. The zero-order valence-corrected chi connectivity index (χ0v) is 18.2. The number of halogens is 2. The van der Waals surface area contributed by atoms with Gasteiger partial charge in [0.2, 0.25) is 0 Å². The summed E-state index contributed by atoms with van der Waals surface area (Å²) in [5.41, 5.74) is 4.34. The molecule has 1 aromatic heterocycles. The van der Waals surface area contributed by atoms with E-state index in [0.29, 0.717) is 38.8 Å². The van der Waals surface area contributed by atoms with Crippen LogP contribution in [0.5, 0.6) is 5.75 Å². The molecule has 0 bridgehead atoms. The van der Waals surface area contributed by atoms with E-state index in [9.17, 15) is 4.79 Å². The maximum atomic E-state index is 11.9. The number of nitrogens with zero attached hydrogens (tertiary/aromatic N) is 1. The molecule has 0 radical (unpaired) electrons. The molecule has 1 N–H and O–H groups in total. The number of rotatable bonds is 8. The normalized spacial score (nSPS) is 12.1. The quantitative estimate of drug-likeness (QED) is 0.327. The molecule has 0 unspecified atom stereocenters. The van der Waals surface area contributed by atoms with E-state index in [1.807, 2.05) is 24.3 Å². The molecule has 0 aliphatic carbocycles. The van der Waals surface area contributed by atoms with Crippen molar-refractivity contribution in [2.75, 3.05) is 6.61 Å². The van der Waals surface area contributed by atoms with Gasteiger partial charge in [-0.1, -0.05) is 49.2 Å². The Balaban J connectivity index is 1.50. The standard InChI is InChI=1S/C23H22Cl2N2O3/c1-3-15(2)16-4-7-18(8-5-16)29-14-23(28)27-26-13-19-9-11-22(30-19)20-12-17(24)6-10-21(20)25/h4-13,15H,3,14H2,1-2H3,(H,27,28)/b26-13+/t15-/m0/s1. The summed E-state index contributed by atoms with van der Waals surface area (Å²) in [6.07, 6.45) is 2.48. The van der Waals surface area contributed by atoms with Crippen LogP contribution in [0.15, 0.2) is 64.1 Å². The van der Waals surface area contributed by atoms with Crippen LogP contribution < -0.4 is 10.2 Å². The fourth-order valence-corrected chi connectivity index (χ4v) is 3.11. The molecule has 1 heterocycles. The summed E-state index contributed by atoms with van der Waals surface area (Å²) in [7, 11) is 0. The number of hydrogen-bond acceptors (Lipinski definition) is 4. The lowest BCUT2D eigenvalue weighted by molar-refractivity contribution is -0.123. The molecule has 30 heavy (non-hydrogen) atoms. The Hall–Kier alpha value is -2.76. The molecule has 7 heteroatoms. The number of ether oxygens (including phenoxy) is 1. The zero-order chi connectivity index (χ0) is 21.5. The van der Waals surface area contributed by atoms with E-state index in [-0.39, 0.29) is 12.5 Å². The fraction of sp³-hybridized carbons (Fsp3) is 0.217. The number of furan rings is 1. The van der Waals surface area contributed by atoms with Crippen LogP contribution in [0.25, 0.3) is 11.3 Å². The molecule has 1 amide bonds. The summed E-state index contributed by atoms with van der Waals surface area (Å²) in [4.78, 5) is 11.9. The highest BCUT2D eigenvalue weighted by Crippen LogP contribution is 2.31. The third-order valence-corrected chi connectivity index (χ3v) is 5.20. The fourth-order valence-electron chi connectivity index (χ4n) is 2.73. The van der Waals surface area contributed by atoms with Crippen molar-refractivity contribution in [2.45, 2.75) is 26.2 Å². The lowest BCUT2D eigenvalue weighted by Crippen LogP contribution is -2.24. The topological polar surface area (TPSA) is 63.8 Å². The Labute approximate surface area is 185 Å². The number of amides is 1. The van der Waals surface area contributed by atoms with Crippen LogP contribution in [0.4, 0.5) is 0 Å². The molecular weight excluding hydrogens is 423 g/mol. The highest BCUT2D eigenvalue weighted by molar-refractivity contribution is 6.35. The van der Waals surface area contributed by atoms with E-state index >= 15 is 0 Å². The lowest BCUT2D eigenvalue weighted by atomic mass is 9.99. The van der Waals surface area contributed by atoms with Gasteiger partial charge in [-0.05, 0) is 60.4 Å². The third kappa shape index (κ3) is 5.88. The van der Waals surface area contributed by atoms with Crippen molar-refractivity contribution >= 4 is 35.3 Å². The first-order chi connectivity index (χ1) is 14.5. The van der Waals surface area contributed by atoms with Crippen molar-refractivity contribution in [1.29, 1.82) is 0 Å². The molecule has 0 aliphatic rings. The molecule has 3 rings (SSSR count). The minimum absolute atomic E-state index is 0.137. The largest absolute Gasteiger partial charge is 0.484 e. The molecule has 0 spiro atoms. The number of nitrogens with one attached hydrogen (secondary N) is 1. The SMILES string of the molecule is CC[C@H](C)c1ccc(OCC(=O)N/N=C/c2ccc(-c3cc(Cl)ccc3Cl)o2)cc1. The van der Waals surface area contributed by atoms with Crippen LogP contribution in [0, 0.1) is 0 Å². The van der Waals surface area contributed by atoms with E-state index in [2.05, 4.69) is 24.4 Å². The first kappa shape index (κ1) is 21.9. The average Bonchev–Trinajstić information content (AvgIpc) is 3.22. The Morgan fingerprint density at radius 1 is 1.17 bits per heavy atom. The minimum Gasteiger partial charge on any atom is -0.484 e. The minimum atomic E-state index is -0.373. The van der Waals surface area contributed by atoms with Crippen molar-refractivity contribution in [3.8, 4) is 17.1 Å². The molecule has 0 saturated heterocycles. The lowest BCUT2D eigenvalue weighted by Gasteiger charge is -2.10. The second-order valence-electron chi connectivity index (χ2n) is 6.79. The zero-order valence-electron chi connectivity index (χ0n) is 16.7. The van der Waals surface area contributed by atoms with Gasteiger partial charge in [-0.15, -0.1) is 0 Å². The number of carbonyl (C=O) groups excluding carboxylic acids is 1. The Morgan fingerprint density at radius 3 is 2.67 bits per heavy atom. The van der Waals surface area contributed by atoms with Crippen molar-refractivity contribution < 1.29 is 13.9 Å². The van der Waals surface area contributed by atoms with Crippen LogP contribution >= 0.6 is 23.2 Å². The van der Waals surface area contributed by atoms with Crippen molar-refractivity contribution in [1.82, 2.24) is 5.43 Å². The monoisotopic (exact) mass is 444 g/mol. The van der Waals surface area contributed by atoms with Crippen LogP contribution in [-0.2, 0) is 4.79 Å². The van der Waals surface area contributed by atoms with E-state index in [4.69, 9.17) is 32.4 Å². The van der Waals surface area contributed by atoms with E-state index in [0.717, 1.165) is 6.42 Å². The van der Waals surface area contributed by atoms with Crippen LogP contribution in [0.3, 0.4) is 0 Å². The van der Waals surface area contributed by atoms with Gasteiger partial charge in [0.05, 0.1) is 11.2 Å². The first-order valence-electron chi connectivity index (χ1n) is 9.56. The van der Waals surface area contributed by atoms with Gasteiger partial charge >= 0.3 is 0 Å². The van der Waals surface area contributed by atoms with Gasteiger partial charge in [-0.2, -0.15) is 5.10 Å². The molecular formula is C23H22Cl2N2O3. The predicted molar refractivity (Wildman–Crippen MR) is 121 cm³/mol. The van der Waals surface area contributed by atoms with Crippen LogP contribution in [0.1, 0.15) is 37.5 Å². The van der Waals surface area contributed by atoms with Crippen molar-refractivity contribution in [2.24, 2.45) is 5.10 Å². The van der Waals surface area contributed by atoms with E-state index in [1.54, 1.807) is 30.3 Å². The predicted octanol–water partition coefficient (Wildman–Crippen LogP) is 6.30. The molecule has 156 valence electrons. The van der Waals surface area contributed by atoms with Gasteiger partial charge in [-0.3, -0.25) is 4.79 Å². The Morgan fingerprint density at radius 2 is 1.93 bits per heavy atom. The first-order valence-corrected chi connectivity index (χ1v) is 10.3. The smallest absolute Gasteiger partial charge is 0.277 e. The molecule has 1 atom stereocenters. The van der Waals surface area contributed by atoms with E-state index in [1.165, 1.54) is 11.8 Å². The summed E-state index contributed by atoms with van der Waals surface area (Å²) >= 11 is 12.2. The van der Waals surface area contributed by atoms with Gasteiger partial charge in [0.1, 0.15) is 17.3 Å². The summed E-state index contributed by atoms with van der Waals surface area (Å²) < 4.78 is 11.2. The Bertz CT molecular complexity index is 1030.